The van der Waals surface area contributed by atoms with Gasteiger partial charge in [0.25, 0.3) is 0 Å². The van der Waals surface area contributed by atoms with E-state index in [1.54, 1.807) is 0 Å². The molecule has 3 heteroatoms. The van der Waals surface area contributed by atoms with E-state index in [0.29, 0.717) is 5.82 Å². The third kappa shape index (κ3) is 5.66. The summed E-state index contributed by atoms with van der Waals surface area (Å²) in [6.45, 7) is 2.36. The first-order chi connectivity index (χ1) is 30.1. The highest BCUT2D eigenvalue weighted by molar-refractivity contribution is 6.12. The lowest BCUT2D eigenvalue weighted by Crippen LogP contribution is -2.22. The maximum absolute atomic E-state index is 6.59. The number of furan rings is 1. The lowest BCUT2D eigenvalue weighted by Gasteiger charge is -2.28. The molecule has 12 rings (SSSR count). The minimum atomic E-state index is -0.319. The van der Waals surface area contributed by atoms with Gasteiger partial charge in [0.05, 0.1) is 11.4 Å². The monoisotopic (exact) mass is 778 g/mol. The van der Waals surface area contributed by atoms with Crippen LogP contribution in [0.15, 0.2) is 217 Å². The van der Waals surface area contributed by atoms with E-state index in [1.807, 2.05) is 6.07 Å². The normalized spacial score (nSPS) is 14.4. The summed E-state index contributed by atoms with van der Waals surface area (Å²) in [6.07, 6.45) is 0. The highest BCUT2D eigenvalue weighted by Gasteiger charge is 2.41. The van der Waals surface area contributed by atoms with E-state index >= 15 is 0 Å². The molecule has 2 aromatic heterocycles. The Morgan fingerprint density at radius 3 is 1.74 bits per heavy atom. The van der Waals surface area contributed by atoms with Crippen LogP contribution < -0.4 is 0 Å². The fourth-order valence-electron chi connectivity index (χ4n) is 9.74. The van der Waals surface area contributed by atoms with E-state index in [0.717, 1.165) is 72.3 Å². The molecule has 1 aliphatic rings. The Morgan fingerprint density at radius 2 is 0.934 bits per heavy atom. The summed E-state index contributed by atoms with van der Waals surface area (Å²) < 4.78 is 6.59. The van der Waals surface area contributed by atoms with Gasteiger partial charge in [-0.05, 0) is 104 Å². The number of nitrogens with zero attached hydrogens (tertiary/aromatic N) is 2. The summed E-state index contributed by atoms with van der Waals surface area (Å²) in [4.78, 5) is 10.7. The van der Waals surface area contributed by atoms with Crippen LogP contribution in [0.3, 0.4) is 0 Å². The molecule has 61 heavy (non-hydrogen) atoms. The van der Waals surface area contributed by atoms with Crippen LogP contribution in [0, 0.1) is 0 Å². The van der Waals surface area contributed by atoms with Crippen LogP contribution in [0.2, 0.25) is 0 Å². The third-order valence-electron chi connectivity index (χ3n) is 12.8. The van der Waals surface area contributed by atoms with Crippen molar-refractivity contribution in [1.29, 1.82) is 0 Å². The lowest BCUT2D eigenvalue weighted by atomic mass is 9.74. The van der Waals surface area contributed by atoms with Gasteiger partial charge in [0, 0.05) is 32.9 Å². The van der Waals surface area contributed by atoms with Crippen molar-refractivity contribution >= 4 is 32.7 Å². The molecule has 286 valence electrons. The first-order valence-electron chi connectivity index (χ1n) is 20.9. The predicted molar refractivity (Wildman–Crippen MR) is 251 cm³/mol. The predicted octanol–water partition coefficient (Wildman–Crippen LogP) is 15.2. The van der Waals surface area contributed by atoms with Crippen molar-refractivity contribution in [2.75, 3.05) is 0 Å². The minimum absolute atomic E-state index is 0.319. The second-order valence-corrected chi connectivity index (χ2v) is 16.2. The molecule has 0 aliphatic heterocycles. The average molecular weight is 779 g/mol. The summed E-state index contributed by atoms with van der Waals surface area (Å²) in [5.41, 5.74) is 17.1. The van der Waals surface area contributed by atoms with Crippen molar-refractivity contribution in [3.8, 4) is 67.3 Å². The lowest BCUT2D eigenvalue weighted by molar-refractivity contribution is 0.669. The molecule has 0 saturated carbocycles. The van der Waals surface area contributed by atoms with E-state index in [2.05, 4.69) is 213 Å². The zero-order chi connectivity index (χ0) is 40.5. The fourth-order valence-corrected chi connectivity index (χ4v) is 9.74. The summed E-state index contributed by atoms with van der Waals surface area (Å²) in [7, 11) is 0. The van der Waals surface area contributed by atoms with Crippen LogP contribution in [0.5, 0.6) is 0 Å². The van der Waals surface area contributed by atoms with Gasteiger partial charge in [-0.1, -0.05) is 176 Å². The number of hydrogen-bond acceptors (Lipinski definition) is 3. The van der Waals surface area contributed by atoms with E-state index in [-0.39, 0.29) is 5.41 Å². The van der Waals surface area contributed by atoms with Gasteiger partial charge in [-0.15, -0.1) is 0 Å². The fraction of sp³-hybridized carbons (Fsp3) is 0.0345. The molecule has 2 heterocycles. The Morgan fingerprint density at radius 1 is 0.377 bits per heavy atom. The highest BCUT2D eigenvalue weighted by Crippen LogP contribution is 2.55. The van der Waals surface area contributed by atoms with Crippen LogP contribution in [-0.2, 0) is 5.41 Å². The molecule has 1 aliphatic carbocycles. The Labute approximate surface area is 354 Å². The molecule has 3 nitrogen and oxygen atoms in total. The molecule has 1 atom stereocenters. The van der Waals surface area contributed by atoms with Crippen LogP contribution in [0.25, 0.3) is 100.0 Å². The van der Waals surface area contributed by atoms with E-state index in [1.165, 1.54) is 38.6 Å². The second kappa shape index (κ2) is 13.9. The molecule has 11 aromatic rings. The number of benzene rings is 9. The van der Waals surface area contributed by atoms with Crippen LogP contribution in [-0.4, -0.2) is 9.97 Å². The molecule has 1 unspecified atom stereocenters. The maximum atomic E-state index is 6.59. The summed E-state index contributed by atoms with van der Waals surface area (Å²) in [5.74, 6) is 0.691. The molecule has 0 saturated heterocycles. The molecular weight excluding hydrogens is 741 g/mol. The average Bonchev–Trinajstić information content (AvgIpc) is 3.82. The Balaban J connectivity index is 1.06. The van der Waals surface area contributed by atoms with Gasteiger partial charge in [0.2, 0.25) is 0 Å². The van der Waals surface area contributed by atoms with Crippen molar-refractivity contribution in [3.05, 3.63) is 229 Å². The largest absolute Gasteiger partial charge is 0.456 e. The summed E-state index contributed by atoms with van der Waals surface area (Å²) in [5, 5.41) is 4.56. The van der Waals surface area contributed by atoms with Gasteiger partial charge in [0.15, 0.2) is 5.82 Å². The smallest absolute Gasteiger partial charge is 0.160 e. The van der Waals surface area contributed by atoms with Crippen molar-refractivity contribution in [1.82, 2.24) is 9.97 Å². The number of rotatable bonds is 6. The zero-order valence-corrected chi connectivity index (χ0v) is 33.5. The highest BCUT2D eigenvalue weighted by atomic mass is 16.3. The maximum Gasteiger partial charge on any atom is 0.160 e. The SMILES string of the molecule is CC1(c2ccccc2)c2ccccc2-c2c(-c3cc(-c4cccc(-c5cc6c(cc5-c5ccccc5)oc5cc7ccccc7cc56)c4)nc(-c4ccccc4)n3)cccc21. The Hall–Kier alpha value is -7.88. The van der Waals surface area contributed by atoms with Gasteiger partial charge in [-0.3, -0.25) is 0 Å². The van der Waals surface area contributed by atoms with Crippen molar-refractivity contribution in [2.24, 2.45) is 0 Å². The Bertz CT molecular complexity index is 3480. The van der Waals surface area contributed by atoms with Crippen LogP contribution in [0.1, 0.15) is 23.6 Å². The molecule has 0 bridgehead atoms. The standard InChI is InChI=1S/C58H38N2O/c1-58(43-25-9-4-10-26-43)50-29-14-13-27-44(50)56-45(28-16-30-51(56)58)53-36-52(59-57(60-53)38-19-7-3-8-20-38)42-24-15-23-41(31-42)46-34-49-48-32-39-21-11-12-22-40(39)33-54(48)61-55(49)35-47(46)37-17-5-2-6-18-37/h2-36H,1H3. The molecule has 9 aromatic carbocycles. The summed E-state index contributed by atoms with van der Waals surface area (Å²) >= 11 is 0. The quantitative estimate of drug-likeness (QED) is 0.169. The first kappa shape index (κ1) is 35.1. The first-order valence-corrected chi connectivity index (χ1v) is 20.9. The van der Waals surface area contributed by atoms with Gasteiger partial charge in [-0.25, -0.2) is 9.97 Å². The van der Waals surface area contributed by atoms with Gasteiger partial charge >= 0.3 is 0 Å². The molecule has 0 radical (unpaired) electrons. The van der Waals surface area contributed by atoms with E-state index in [4.69, 9.17) is 14.4 Å². The van der Waals surface area contributed by atoms with Crippen LogP contribution in [0.4, 0.5) is 0 Å². The van der Waals surface area contributed by atoms with Gasteiger partial charge in [0.1, 0.15) is 11.2 Å². The van der Waals surface area contributed by atoms with Crippen molar-refractivity contribution in [3.63, 3.8) is 0 Å². The molecule has 0 spiro atoms. The number of fused-ring (bicyclic) bond motifs is 7. The third-order valence-corrected chi connectivity index (χ3v) is 12.8. The summed E-state index contributed by atoms with van der Waals surface area (Å²) in [6, 6.07) is 75.8. The van der Waals surface area contributed by atoms with E-state index in [9.17, 15) is 0 Å². The second-order valence-electron chi connectivity index (χ2n) is 16.2. The molecular formula is C58H38N2O. The van der Waals surface area contributed by atoms with Gasteiger partial charge in [-0.2, -0.15) is 0 Å². The van der Waals surface area contributed by atoms with E-state index < -0.39 is 0 Å². The molecule has 0 amide bonds. The zero-order valence-electron chi connectivity index (χ0n) is 33.5. The van der Waals surface area contributed by atoms with Crippen LogP contribution >= 0.6 is 0 Å². The molecule has 0 fully saturated rings. The number of hydrogen-bond donors (Lipinski definition) is 0. The minimum Gasteiger partial charge on any atom is -0.456 e. The van der Waals surface area contributed by atoms with Crippen molar-refractivity contribution < 1.29 is 4.42 Å². The van der Waals surface area contributed by atoms with Gasteiger partial charge < -0.3 is 4.42 Å². The Kier molecular flexibility index (Phi) is 7.98. The van der Waals surface area contributed by atoms with Crippen molar-refractivity contribution in [2.45, 2.75) is 12.3 Å². The molecule has 0 N–H and O–H groups in total. The number of aromatic nitrogens is 2. The topological polar surface area (TPSA) is 38.9 Å².